The van der Waals surface area contributed by atoms with Crippen molar-refractivity contribution in [2.45, 2.75) is 19.3 Å². The highest BCUT2D eigenvalue weighted by atomic mass is 16.5. The van der Waals surface area contributed by atoms with Crippen LogP contribution < -0.4 is 5.73 Å². The summed E-state index contributed by atoms with van der Waals surface area (Å²) in [6.45, 7) is 3.74. The number of nitrogen functional groups attached to an aromatic ring is 1. The zero-order valence-corrected chi connectivity index (χ0v) is 6.59. The van der Waals surface area contributed by atoms with Crippen LogP contribution in [0.15, 0.2) is 10.6 Å². The molecule has 1 aromatic heterocycles. The molecule has 58 valence electrons. The van der Waals surface area contributed by atoms with Crippen LogP contribution in [-0.4, -0.2) is 5.16 Å². The lowest BCUT2D eigenvalue weighted by Crippen LogP contribution is -2.12. The number of nitrogens with two attached hydrogens (primary N) is 1. The van der Waals surface area contributed by atoms with Gasteiger partial charge in [0.2, 0.25) is 0 Å². The van der Waals surface area contributed by atoms with Crippen molar-refractivity contribution in [1.29, 1.82) is 0 Å². The van der Waals surface area contributed by atoms with Crippen LogP contribution in [0, 0.1) is 12.3 Å². The summed E-state index contributed by atoms with van der Waals surface area (Å²) >= 11 is 0. The van der Waals surface area contributed by atoms with Gasteiger partial charge in [-0.1, -0.05) is 11.1 Å². The number of anilines is 1. The van der Waals surface area contributed by atoms with Crippen molar-refractivity contribution >= 4 is 5.82 Å². The third kappa shape index (κ3) is 1.35. The molecule has 11 heavy (non-hydrogen) atoms. The monoisotopic (exact) mass is 150 g/mol. The van der Waals surface area contributed by atoms with E-state index in [9.17, 15) is 0 Å². The summed E-state index contributed by atoms with van der Waals surface area (Å²) < 4.78 is 4.90. The molecule has 0 radical (unpaired) electrons. The van der Waals surface area contributed by atoms with Gasteiger partial charge in [-0.05, 0) is 13.8 Å². The van der Waals surface area contributed by atoms with Gasteiger partial charge in [0.25, 0.3) is 0 Å². The molecule has 0 atom stereocenters. The van der Waals surface area contributed by atoms with Gasteiger partial charge in [-0.3, -0.25) is 0 Å². The van der Waals surface area contributed by atoms with Crippen molar-refractivity contribution in [3.05, 3.63) is 11.8 Å². The summed E-state index contributed by atoms with van der Waals surface area (Å²) in [4.78, 5) is 0. The van der Waals surface area contributed by atoms with Crippen LogP contribution in [0.25, 0.3) is 0 Å². The van der Waals surface area contributed by atoms with Gasteiger partial charge in [0.05, 0.1) is 5.41 Å². The van der Waals surface area contributed by atoms with Crippen LogP contribution in [-0.2, 0) is 5.41 Å². The molecule has 3 heteroatoms. The number of rotatable bonds is 1. The van der Waals surface area contributed by atoms with Gasteiger partial charge < -0.3 is 10.3 Å². The van der Waals surface area contributed by atoms with Crippen molar-refractivity contribution in [3.63, 3.8) is 0 Å². The van der Waals surface area contributed by atoms with E-state index < -0.39 is 5.41 Å². The van der Waals surface area contributed by atoms with Crippen molar-refractivity contribution in [2.24, 2.45) is 0 Å². The second-order valence-corrected chi connectivity index (χ2v) is 2.89. The highest BCUT2D eigenvalue weighted by Crippen LogP contribution is 2.22. The Bertz CT molecular complexity index is 293. The molecule has 0 spiro atoms. The minimum absolute atomic E-state index is 0.364. The van der Waals surface area contributed by atoms with E-state index in [1.165, 1.54) is 0 Å². The fourth-order valence-electron chi connectivity index (χ4n) is 0.655. The number of hydrogen-bond donors (Lipinski definition) is 1. The van der Waals surface area contributed by atoms with Crippen LogP contribution in [0.5, 0.6) is 0 Å². The number of terminal acetylenes is 1. The molecule has 0 fully saturated rings. The summed E-state index contributed by atoms with van der Waals surface area (Å²) in [7, 11) is 0. The Hall–Kier alpha value is -1.43. The molecular formula is C8H10N2O. The number of aromatic nitrogens is 1. The minimum atomic E-state index is -0.426. The maximum Gasteiger partial charge on any atom is 0.167 e. The Morgan fingerprint density at radius 1 is 1.73 bits per heavy atom. The highest BCUT2D eigenvalue weighted by Gasteiger charge is 2.22. The standard InChI is InChI=1S/C8H10N2O/c1-4-8(2,3)6-5-7(9)10-11-6/h1,5H,2-3H3,(H2,9,10). The lowest BCUT2D eigenvalue weighted by atomic mass is 9.92. The Balaban J connectivity index is 3.04. The Morgan fingerprint density at radius 3 is 2.73 bits per heavy atom. The van der Waals surface area contributed by atoms with E-state index in [1.54, 1.807) is 6.07 Å². The smallest absolute Gasteiger partial charge is 0.167 e. The van der Waals surface area contributed by atoms with Gasteiger partial charge in [0.15, 0.2) is 11.6 Å². The van der Waals surface area contributed by atoms with Gasteiger partial charge in [-0.2, -0.15) is 0 Å². The second-order valence-electron chi connectivity index (χ2n) is 2.89. The maximum atomic E-state index is 5.36. The SMILES string of the molecule is C#CC(C)(C)c1cc(N)no1. The van der Waals surface area contributed by atoms with Crippen molar-refractivity contribution in [1.82, 2.24) is 5.16 Å². The summed E-state index contributed by atoms with van der Waals surface area (Å²) in [5.74, 6) is 3.57. The van der Waals surface area contributed by atoms with Gasteiger partial charge in [-0.25, -0.2) is 0 Å². The first-order valence-corrected chi connectivity index (χ1v) is 3.27. The average Bonchev–Trinajstić information content (AvgIpc) is 2.36. The lowest BCUT2D eigenvalue weighted by molar-refractivity contribution is 0.351. The summed E-state index contributed by atoms with van der Waals surface area (Å²) in [5, 5.41) is 3.54. The van der Waals surface area contributed by atoms with Crippen LogP contribution in [0.3, 0.4) is 0 Å². The van der Waals surface area contributed by atoms with Gasteiger partial charge >= 0.3 is 0 Å². The number of nitrogens with zero attached hydrogens (tertiary/aromatic N) is 1. The molecule has 0 aliphatic heterocycles. The van der Waals surface area contributed by atoms with Crippen molar-refractivity contribution < 1.29 is 4.52 Å². The van der Waals surface area contributed by atoms with Gasteiger partial charge in [-0.15, -0.1) is 6.42 Å². The first kappa shape index (κ1) is 7.67. The molecular weight excluding hydrogens is 140 g/mol. The van der Waals surface area contributed by atoms with Crippen molar-refractivity contribution in [3.8, 4) is 12.3 Å². The normalized spacial score (nSPS) is 11.0. The Kier molecular flexibility index (Phi) is 1.61. The van der Waals surface area contributed by atoms with E-state index in [1.807, 2.05) is 13.8 Å². The van der Waals surface area contributed by atoms with E-state index in [2.05, 4.69) is 11.1 Å². The largest absolute Gasteiger partial charge is 0.381 e. The molecule has 3 nitrogen and oxygen atoms in total. The van der Waals surface area contributed by atoms with Crippen molar-refractivity contribution in [2.75, 3.05) is 5.73 Å². The third-order valence-electron chi connectivity index (χ3n) is 1.51. The molecule has 1 aromatic rings. The fourth-order valence-corrected chi connectivity index (χ4v) is 0.655. The van der Waals surface area contributed by atoms with E-state index in [4.69, 9.17) is 16.7 Å². The summed E-state index contributed by atoms with van der Waals surface area (Å²) in [5.41, 5.74) is 4.93. The van der Waals surface area contributed by atoms with Gasteiger partial charge in [0, 0.05) is 6.07 Å². The van der Waals surface area contributed by atoms with Crippen LogP contribution in [0.1, 0.15) is 19.6 Å². The zero-order valence-electron chi connectivity index (χ0n) is 6.59. The first-order valence-electron chi connectivity index (χ1n) is 3.27. The minimum Gasteiger partial charge on any atom is -0.381 e. The van der Waals surface area contributed by atoms with Gasteiger partial charge in [0.1, 0.15) is 0 Å². The molecule has 0 aliphatic rings. The summed E-state index contributed by atoms with van der Waals surface area (Å²) in [6.07, 6.45) is 5.27. The number of hydrogen-bond acceptors (Lipinski definition) is 3. The Labute approximate surface area is 65.6 Å². The molecule has 0 saturated heterocycles. The molecule has 0 aromatic carbocycles. The van der Waals surface area contributed by atoms with E-state index in [0.717, 1.165) is 0 Å². The van der Waals surface area contributed by atoms with E-state index in [0.29, 0.717) is 11.6 Å². The molecule has 1 rings (SSSR count). The molecule has 1 heterocycles. The molecule has 0 bridgehead atoms. The van der Waals surface area contributed by atoms with Crippen LogP contribution in [0.4, 0.5) is 5.82 Å². The quantitative estimate of drug-likeness (QED) is 0.611. The first-order chi connectivity index (χ1) is 5.06. The fraction of sp³-hybridized carbons (Fsp3) is 0.375. The van der Waals surface area contributed by atoms with E-state index in [-0.39, 0.29) is 0 Å². The summed E-state index contributed by atoms with van der Waals surface area (Å²) in [6, 6.07) is 1.64. The predicted octanol–water partition coefficient (Wildman–Crippen LogP) is 1.17. The highest BCUT2D eigenvalue weighted by molar-refractivity contribution is 5.33. The molecule has 2 N–H and O–H groups in total. The zero-order chi connectivity index (χ0) is 8.48. The molecule has 0 aliphatic carbocycles. The predicted molar refractivity (Wildman–Crippen MR) is 42.8 cm³/mol. The van der Waals surface area contributed by atoms with Crippen LogP contribution >= 0.6 is 0 Å². The molecule has 0 amide bonds. The van der Waals surface area contributed by atoms with E-state index >= 15 is 0 Å². The third-order valence-corrected chi connectivity index (χ3v) is 1.51. The molecule has 0 unspecified atom stereocenters. The Morgan fingerprint density at radius 2 is 2.36 bits per heavy atom. The molecule has 0 saturated carbocycles. The van der Waals surface area contributed by atoms with Crippen LogP contribution in [0.2, 0.25) is 0 Å². The topological polar surface area (TPSA) is 52.0 Å². The lowest BCUT2D eigenvalue weighted by Gasteiger charge is -2.11. The average molecular weight is 150 g/mol. The maximum absolute atomic E-state index is 5.36. The second kappa shape index (κ2) is 2.31.